The minimum absolute atomic E-state index is 0.112. The Hall–Kier alpha value is -2.73. The first kappa shape index (κ1) is 21.6. The number of carbonyl (C=O) groups excluding carboxylic acids is 2. The molecule has 0 spiro atoms. The molecule has 0 saturated heterocycles. The van der Waals surface area contributed by atoms with Gasteiger partial charge in [-0.15, -0.1) is 0 Å². The van der Waals surface area contributed by atoms with Crippen molar-refractivity contribution in [2.75, 3.05) is 19.5 Å². The van der Waals surface area contributed by atoms with Crippen LogP contribution in [-0.4, -0.2) is 32.1 Å². The van der Waals surface area contributed by atoms with E-state index in [0.717, 1.165) is 5.56 Å². The maximum absolute atomic E-state index is 12.8. The normalized spacial score (nSPS) is 11.6. The third-order valence-corrected chi connectivity index (χ3v) is 4.52. The SMILES string of the molecule is COc1cc(Cl)c(NC(=O)[C@@H](NC(=O)Cc2ccccc2)C(C)C)cc1OC. The van der Waals surface area contributed by atoms with Gasteiger partial charge in [0.15, 0.2) is 11.5 Å². The summed E-state index contributed by atoms with van der Waals surface area (Å²) < 4.78 is 10.4. The topological polar surface area (TPSA) is 76.7 Å². The van der Waals surface area contributed by atoms with E-state index in [-0.39, 0.29) is 24.2 Å². The van der Waals surface area contributed by atoms with Crippen molar-refractivity contribution in [2.45, 2.75) is 26.3 Å². The summed E-state index contributed by atoms with van der Waals surface area (Å²) in [4.78, 5) is 25.2. The lowest BCUT2D eigenvalue weighted by Crippen LogP contribution is -2.47. The van der Waals surface area contributed by atoms with Crippen molar-refractivity contribution in [3.63, 3.8) is 0 Å². The van der Waals surface area contributed by atoms with E-state index in [9.17, 15) is 9.59 Å². The summed E-state index contributed by atoms with van der Waals surface area (Å²) in [5.74, 6) is 0.209. The number of anilines is 1. The number of carbonyl (C=O) groups is 2. The van der Waals surface area contributed by atoms with Gasteiger partial charge in [-0.05, 0) is 11.5 Å². The van der Waals surface area contributed by atoms with Gasteiger partial charge in [0.25, 0.3) is 0 Å². The van der Waals surface area contributed by atoms with Crippen LogP contribution in [0.25, 0.3) is 0 Å². The zero-order chi connectivity index (χ0) is 20.7. The van der Waals surface area contributed by atoms with Crippen molar-refractivity contribution in [3.8, 4) is 11.5 Å². The fourth-order valence-corrected chi connectivity index (χ4v) is 2.90. The fraction of sp³-hybridized carbons (Fsp3) is 0.333. The summed E-state index contributed by atoms with van der Waals surface area (Å²) in [6, 6.07) is 11.8. The van der Waals surface area contributed by atoms with Crippen LogP contribution in [0.3, 0.4) is 0 Å². The summed E-state index contributed by atoms with van der Waals surface area (Å²) in [5, 5.41) is 5.88. The first-order chi connectivity index (χ1) is 13.3. The molecule has 0 unspecified atom stereocenters. The fourth-order valence-electron chi connectivity index (χ4n) is 2.70. The molecule has 0 aliphatic rings. The monoisotopic (exact) mass is 404 g/mol. The van der Waals surface area contributed by atoms with Gasteiger partial charge < -0.3 is 20.1 Å². The summed E-state index contributed by atoms with van der Waals surface area (Å²) in [5.41, 5.74) is 1.26. The van der Waals surface area contributed by atoms with Crippen LogP contribution in [0, 0.1) is 5.92 Å². The van der Waals surface area contributed by atoms with Crippen molar-refractivity contribution in [1.82, 2.24) is 5.32 Å². The van der Waals surface area contributed by atoms with E-state index in [4.69, 9.17) is 21.1 Å². The Morgan fingerprint density at radius 3 is 2.21 bits per heavy atom. The highest BCUT2D eigenvalue weighted by Gasteiger charge is 2.25. The summed E-state index contributed by atoms with van der Waals surface area (Å²) >= 11 is 6.24. The quantitative estimate of drug-likeness (QED) is 0.703. The van der Waals surface area contributed by atoms with Gasteiger partial charge >= 0.3 is 0 Å². The first-order valence-electron chi connectivity index (χ1n) is 8.91. The molecule has 2 amide bonds. The summed E-state index contributed by atoms with van der Waals surface area (Å²) in [7, 11) is 3.00. The number of hydrogen-bond donors (Lipinski definition) is 2. The average Bonchev–Trinajstić information content (AvgIpc) is 2.67. The van der Waals surface area contributed by atoms with Crippen molar-refractivity contribution in [3.05, 3.63) is 53.1 Å². The molecule has 0 aliphatic heterocycles. The van der Waals surface area contributed by atoms with E-state index in [1.165, 1.54) is 14.2 Å². The zero-order valence-electron chi connectivity index (χ0n) is 16.4. The molecule has 0 radical (unpaired) electrons. The molecule has 150 valence electrons. The molecule has 2 N–H and O–H groups in total. The molecule has 0 aromatic heterocycles. The third-order valence-electron chi connectivity index (χ3n) is 4.20. The molecule has 0 saturated carbocycles. The molecular weight excluding hydrogens is 380 g/mol. The van der Waals surface area contributed by atoms with Crippen LogP contribution in [0.5, 0.6) is 11.5 Å². The highest BCUT2D eigenvalue weighted by atomic mass is 35.5. The van der Waals surface area contributed by atoms with Gasteiger partial charge in [0, 0.05) is 12.1 Å². The maximum atomic E-state index is 12.8. The number of benzene rings is 2. The van der Waals surface area contributed by atoms with Crippen molar-refractivity contribution in [1.29, 1.82) is 0 Å². The maximum Gasteiger partial charge on any atom is 0.247 e. The zero-order valence-corrected chi connectivity index (χ0v) is 17.2. The molecule has 0 aliphatic carbocycles. The molecule has 2 aromatic carbocycles. The number of hydrogen-bond acceptors (Lipinski definition) is 4. The molecule has 2 aromatic rings. The minimum Gasteiger partial charge on any atom is -0.493 e. The van der Waals surface area contributed by atoms with Crippen LogP contribution in [0.4, 0.5) is 5.69 Å². The standard InChI is InChI=1S/C21H25ClN2O4/c1-13(2)20(24-19(25)10-14-8-6-5-7-9-14)21(26)23-16-12-18(28-4)17(27-3)11-15(16)22/h5-9,11-13,20H,10H2,1-4H3,(H,23,26)(H,24,25)/t20-/m0/s1. The second-order valence-corrected chi connectivity index (χ2v) is 7.04. The van der Waals surface area contributed by atoms with E-state index in [2.05, 4.69) is 10.6 Å². The molecule has 2 rings (SSSR count). The lowest BCUT2D eigenvalue weighted by atomic mass is 10.0. The molecule has 7 heteroatoms. The molecule has 0 bridgehead atoms. The minimum atomic E-state index is -0.708. The number of nitrogens with one attached hydrogen (secondary N) is 2. The molecule has 0 heterocycles. The molecule has 6 nitrogen and oxygen atoms in total. The van der Waals surface area contributed by atoms with E-state index in [1.54, 1.807) is 12.1 Å². The van der Waals surface area contributed by atoms with Gasteiger partial charge in [-0.3, -0.25) is 9.59 Å². The Morgan fingerprint density at radius 1 is 1.04 bits per heavy atom. The van der Waals surface area contributed by atoms with Crippen LogP contribution < -0.4 is 20.1 Å². The Balaban J connectivity index is 2.11. The number of ether oxygens (including phenoxy) is 2. The van der Waals surface area contributed by atoms with Crippen molar-refractivity contribution >= 4 is 29.1 Å². The predicted molar refractivity (Wildman–Crippen MR) is 110 cm³/mol. The Morgan fingerprint density at radius 2 is 1.64 bits per heavy atom. The van der Waals surface area contributed by atoms with Gasteiger partial charge in [0.05, 0.1) is 31.4 Å². The number of amides is 2. The highest BCUT2D eigenvalue weighted by Crippen LogP contribution is 2.36. The van der Waals surface area contributed by atoms with Crippen LogP contribution in [-0.2, 0) is 16.0 Å². The smallest absolute Gasteiger partial charge is 0.247 e. The van der Waals surface area contributed by atoms with Crippen molar-refractivity contribution < 1.29 is 19.1 Å². The summed E-state index contributed by atoms with van der Waals surface area (Å²) in [6.07, 6.45) is 0.203. The lowest BCUT2D eigenvalue weighted by molar-refractivity contribution is -0.127. The lowest BCUT2D eigenvalue weighted by Gasteiger charge is -2.22. The third kappa shape index (κ3) is 5.63. The molecule has 1 atom stereocenters. The highest BCUT2D eigenvalue weighted by molar-refractivity contribution is 6.34. The Kier molecular flexibility index (Phi) is 7.70. The van der Waals surface area contributed by atoms with E-state index < -0.39 is 6.04 Å². The van der Waals surface area contributed by atoms with Gasteiger partial charge in [-0.25, -0.2) is 0 Å². The van der Waals surface area contributed by atoms with Crippen LogP contribution in [0.2, 0.25) is 5.02 Å². The average molecular weight is 405 g/mol. The molecule has 0 fully saturated rings. The molecular formula is C21H25ClN2O4. The van der Waals surface area contributed by atoms with Gasteiger partial charge in [-0.2, -0.15) is 0 Å². The van der Waals surface area contributed by atoms with Crippen molar-refractivity contribution in [2.24, 2.45) is 5.92 Å². The van der Waals surface area contributed by atoms with E-state index >= 15 is 0 Å². The van der Waals surface area contributed by atoms with Crippen LogP contribution in [0.15, 0.2) is 42.5 Å². The largest absolute Gasteiger partial charge is 0.493 e. The van der Waals surface area contributed by atoms with Gasteiger partial charge in [0.2, 0.25) is 11.8 Å². The predicted octanol–water partition coefficient (Wildman–Crippen LogP) is 3.68. The Labute approximate surface area is 170 Å². The number of rotatable bonds is 8. The number of methoxy groups -OCH3 is 2. The van der Waals surface area contributed by atoms with Gasteiger partial charge in [-0.1, -0.05) is 55.8 Å². The van der Waals surface area contributed by atoms with Crippen LogP contribution in [0.1, 0.15) is 19.4 Å². The van der Waals surface area contributed by atoms with E-state index in [1.807, 2.05) is 44.2 Å². The van der Waals surface area contributed by atoms with E-state index in [0.29, 0.717) is 22.2 Å². The summed E-state index contributed by atoms with van der Waals surface area (Å²) in [6.45, 7) is 3.73. The second kappa shape index (κ2) is 9.99. The Bertz CT molecular complexity index is 825. The van der Waals surface area contributed by atoms with Gasteiger partial charge in [0.1, 0.15) is 6.04 Å². The first-order valence-corrected chi connectivity index (χ1v) is 9.29. The second-order valence-electron chi connectivity index (χ2n) is 6.63. The molecule has 28 heavy (non-hydrogen) atoms. The number of halogens is 1. The van der Waals surface area contributed by atoms with Crippen LogP contribution >= 0.6 is 11.6 Å².